The van der Waals surface area contributed by atoms with Crippen molar-refractivity contribution in [3.8, 4) is 11.4 Å². The molecule has 5 heteroatoms. The number of fused-ring (bicyclic) bond motifs is 1. The van der Waals surface area contributed by atoms with E-state index in [2.05, 4.69) is 11.6 Å². The molecule has 0 saturated heterocycles. The molecule has 0 unspecified atom stereocenters. The van der Waals surface area contributed by atoms with Gasteiger partial charge in [0.15, 0.2) is 0 Å². The monoisotopic (exact) mass is 371 g/mol. The van der Waals surface area contributed by atoms with Crippen LogP contribution in [0.1, 0.15) is 30.1 Å². The van der Waals surface area contributed by atoms with Crippen molar-refractivity contribution in [3.05, 3.63) is 88.5 Å². The first-order valence-electron chi connectivity index (χ1n) is 9.58. The zero-order valence-corrected chi connectivity index (χ0v) is 15.7. The molecule has 0 aliphatic heterocycles. The summed E-state index contributed by atoms with van der Waals surface area (Å²) < 4.78 is 9.53. The predicted molar refractivity (Wildman–Crippen MR) is 109 cm³/mol. The molecule has 1 aliphatic rings. The van der Waals surface area contributed by atoms with Gasteiger partial charge >= 0.3 is 0 Å². The predicted octanol–water partition coefficient (Wildman–Crippen LogP) is 4.41. The highest BCUT2D eigenvalue weighted by atomic mass is 16.5. The fraction of sp³-hybridized carbons (Fsp3) is 0.217. The maximum Gasteiger partial charge on any atom is 0.258 e. The van der Waals surface area contributed by atoms with E-state index in [-0.39, 0.29) is 5.56 Å². The van der Waals surface area contributed by atoms with E-state index < -0.39 is 0 Å². The molecule has 0 atom stereocenters. The van der Waals surface area contributed by atoms with Crippen LogP contribution in [0.25, 0.3) is 16.6 Å². The molecule has 0 N–H and O–H groups in total. The van der Waals surface area contributed by atoms with Crippen LogP contribution in [0.5, 0.6) is 5.75 Å². The maximum absolute atomic E-state index is 12.7. The van der Waals surface area contributed by atoms with Gasteiger partial charge in [-0.25, -0.2) is 0 Å². The van der Waals surface area contributed by atoms with E-state index in [9.17, 15) is 4.79 Å². The first-order chi connectivity index (χ1) is 13.7. The number of benzene rings is 2. The van der Waals surface area contributed by atoms with Crippen LogP contribution in [0, 0.1) is 6.92 Å². The summed E-state index contributed by atoms with van der Waals surface area (Å²) in [5.41, 5.74) is 3.93. The Labute approximate surface area is 162 Å². The van der Waals surface area contributed by atoms with Gasteiger partial charge in [0.25, 0.3) is 5.56 Å². The number of ether oxygens (including phenoxy) is 1. The maximum atomic E-state index is 12.7. The molecule has 28 heavy (non-hydrogen) atoms. The number of aromatic nitrogens is 3. The Morgan fingerprint density at radius 1 is 1.07 bits per heavy atom. The summed E-state index contributed by atoms with van der Waals surface area (Å²) in [5.74, 6) is 0.573. The molecule has 0 radical (unpaired) electrons. The quantitative estimate of drug-likeness (QED) is 0.522. The standard InChI is InChI=1S/C23H21N3O2/c1-16-21-13-19(9-10-22(21)24-26(16)18-7-8-18)25-12-11-20(14-23(25)27)28-15-17-5-3-2-4-6-17/h2-6,9-14,18H,7-8,15H2,1H3. The van der Waals surface area contributed by atoms with Crippen LogP contribution in [-0.4, -0.2) is 14.3 Å². The van der Waals surface area contributed by atoms with Crippen molar-refractivity contribution >= 4 is 10.9 Å². The highest BCUT2D eigenvalue weighted by Crippen LogP contribution is 2.37. The van der Waals surface area contributed by atoms with E-state index >= 15 is 0 Å². The molecule has 1 aliphatic carbocycles. The Balaban J connectivity index is 1.43. The average molecular weight is 371 g/mol. The Kier molecular flexibility index (Phi) is 4.01. The molecule has 2 aromatic carbocycles. The largest absolute Gasteiger partial charge is 0.489 e. The van der Waals surface area contributed by atoms with Gasteiger partial charge in [-0.2, -0.15) is 5.10 Å². The lowest BCUT2D eigenvalue weighted by atomic mass is 10.2. The van der Waals surface area contributed by atoms with Crippen molar-refractivity contribution in [2.24, 2.45) is 0 Å². The van der Waals surface area contributed by atoms with Crippen LogP contribution in [0.2, 0.25) is 0 Å². The Morgan fingerprint density at radius 3 is 2.64 bits per heavy atom. The topological polar surface area (TPSA) is 49.1 Å². The van der Waals surface area contributed by atoms with E-state index in [1.165, 1.54) is 18.9 Å². The Hall–Kier alpha value is -3.34. The molecule has 140 valence electrons. The number of aryl methyl sites for hydroxylation is 1. The molecule has 0 amide bonds. The zero-order valence-electron chi connectivity index (χ0n) is 15.7. The summed E-state index contributed by atoms with van der Waals surface area (Å²) in [4.78, 5) is 12.7. The first-order valence-corrected chi connectivity index (χ1v) is 9.58. The smallest absolute Gasteiger partial charge is 0.258 e. The summed E-state index contributed by atoms with van der Waals surface area (Å²) in [6.45, 7) is 2.54. The van der Waals surface area contributed by atoms with Crippen LogP contribution in [-0.2, 0) is 6.61 Å². The second-order valence-electron chi connectivity index (χ2n) is 7.31. The molecule has 4 aromatic rings. The number of nitrogens with zero attached hydrogens (tertiary/aromatic N) is 3. The first kappa shape index (κ1) is 16.8. The summed E-state index contributed by atoms with van der Waals surface area (Å²) in [5, 5.41) is 5.81. The molecule has 2 aromatic heterocycles. The van der Waals surface area contributed by atoms with Crippen LogP contribution >= 0.6 is 0 Å². The van der Waals surface area contributed by atoms with Crippen LogP contribution in [0.3, 0.4) is 0 Å². The molecule has 5 rings (SSSR count). The van der Waals surface area contributed by atoms with Gasteiger partial charge in [-0.3, -0.25) is 14.0 Å². The number of pyridine rings is 1. The molecule has 1 fully saturated rings. The van der Waals surface area contributed by atoms with E-state index in [0.29, 0.717) is 18.4 Å². The average Bonchev–Trinajstić information content (AvgIpc) is 3.51. The number of hydrogen-bond donors (Lipinski definition) is 0. The molecular weight excluding hydrogens is 350 g/mol. The third kappa shape index (κ3) is 3.09. The van der Waals surface area contributed by atoms with Gasteiger partial charge in [-0.15, -0.1) is 0 Å². The van der Waals surface area contributed by atoms with Crippen molar-refractivity contribution in [2.45, 2.75) is 32.4 Å². The summed E-state index contributed by atoms with van der Waals surface area (Å²) in [6, 6.07) is 19.8. The number of hydrogen-bond acceptors (Lipinski definition) is 3. The summed E-state index contributed by atoms with van der Waals surface area (Å²) in [7, 11) is 0. The normalized spacial score (nSPS) is 13.8. The van der Waals surface area contributed by atoms with Crippen LogP contribution in [0.15, 0.2) is 71.7 Å². The van der Waals surface area contributed by atoms with Crippen molar-refractivity contribution < 1.29 is 4.74 Å². The van der Waals surface area contributed by atoms with Gasteiger partial charge < -0.3 is 4.74 Å². The molecule has 0 spiro atoms. The molecule has 0 bridgehead atoms. The fourth-order valence-corrected chi connectivity index (χ4v) is 3.54. The van der Waals surface area contributed by atoms with E-state index in [1.807, 2.05) is 54.6 Å². The van der Waals surface area contributed by atoms with Crippen LogP contribution in [0.4, 0.5) is 0 Å². The minimum absolute atomic E-state index is 0.114. The van der Waals surface area contributed by atoms with Crippen molar-refractivity contribution in [1.29, 1.82) is 0 Å². The van der Waals surface area contributed by atoms with Crippen molar-refractivity contribution in [3.63, 3.8) is 0 Å². The highest BCUT2D eigenvalue weighted by molar-refractivity contribution is 5.83. The highest BCUT2D eigenvalue weighted by Gasteiger charge is 2.26. The number of rotatable bonds is 5. The third-order valence-corrected chi connectivity index (χ3v) is 5.24. The minimum Gasteiger partial charge on any atom is -0.489 e. The van der Waals surface area contributed by atoms with Gasteiger partial charge in [0.05, 0.1) is 11.6 Å². The minimum atomic E-state index is -0.114. The molecular formula is C23H21N3O2. The summed E-state index contributed by atoms with van der Waals surface area (Å²) in [6.07, 6.45) is 4.17. The van der Waals surface area contributed by atoms with Crippen molar-refractivity contribution in [2.75, 3.05) is 0 Å². The van der Waals surface area contributed by atoms with E-state index in [1.54, 1.807) is 10.8 Å². The Bertz CT molecular complexity index is 1200. The lowest BCUT2D eigenvalue weighted by Gasteiger charge is -2.09. The second kappa shape index (κ2) is 6.68. The summed E-state index contributed by atoms with van der Waals surface area (Å²) >= 11 is 0. The molecule has 1 saturated carbocycles. The second-order valence-corrected chi connectivity index (χ2v) is 7.31. The zero-order chi connectivity index (χ0) is 19.1. The van der Waals surface area contributed by atoms with Crippen molar-refractivity contribution in [1.82, 2.24) is 14.3 Å². The van der Waals surface area contributed by atoms with Gasteiger partial charge in [-0.1, -0.05) is 30.3 Å². The Morgan fingerprint density at radius 2 is 1.89 bits per heavy atom. The van der Waals surface area contributed by atoms with Gasteiger partial charge in [0, 0.05) is 29.0 Å². The molecule has 5 nitrogen and oxygen atoms in total. The third-order valence-electron chi connectivity index (χ3n) is 5.24. The SMILES string of the molecule is Cc1c2cc(-n3ccc(OCc4ccccc4)cc3=O)ccc2nn1C1CC1. The van der Waals surface area contributed by atoms with E-state index in [4.69, 9.17) is 9.84 Å². The van der Waals surface area contributed by atoms with Gasteiger partial charge in [-0.05, 0) is 49.6 Å². The van der Waals surface area contributed by atoms with E-state index in [0.717, 1.165) is 27.8 Å². The lowest BCUT2D eigenvalue weighted by Crippen LogP contribution is -2.16. The molecule has 2 heterocycles. The fourth-order valence-electron chi connectivity index (χ4n) is 3.54. The lowest BCUT2D eigenvalue weighted by molar-refractivity contribution is 0.305. The van der Waals surface area contributed by atoms with Crippen LogP contribution < -0.4 is 10.3 Å². The van der Waals surface area contributed by atoms with Gasteiger partial charge in [0.1, 0.15) is 12.4 Å². The van der Waals surface area contributed by atoms with Gasteiger partial charge in [0.2, 0.25) is 0 Å².